The molecule has 22 heavy (non-hydrogen) atoms. The molecule has 118 valence electrons. The summed E-state index contributed by atoms with van der Waals surface area (Å²) in [5.74, 6) is 0.770. The molecule has 2 aliphatic rings. The van der Waals surface area contributed by atoms with E-state index in [9.17, 15) is 5.11 Å². The van der Waals surface area contributed by atoms with Gasteiger partial charge in [-0.2, -0.15) is 5.26 Å². The number of hydrogen-bond donors (Lipinski definition) is 1. The highest BCUT2D eigenvalue weighted by molar-refractivity contribution is 5.42. The third-order valence-electron chi connectivity index (χ3n) is 4.41. The number of rotatable bonds is 2. The number of β-amino-alcohol motifs (C(OH)–C–C–N with tert-alkyl or cyclic N) is 1. The van der Waals surface area contributed by atoms with E-state index in [-0.39, 0.29) is 0 Å². The van der Waals surface area contributed by atoms with E-state index in [4.69, 9.17) is 10.00 Å². The van der Waals surface area contributed by atoms with Gasteiger partial charge in [0, 0.05) is 45.4 Å². The Labute approximate surface area is 130 Å². The molecule has 0 spiro atoms. The lowest BCUT2D eigenvalue weighted by atomic mass is 10.1. The van der Waals surface area contributed by atoms with Crippen LogP contribution in [-0.4, -0.2) is 66.5 Å². The highest BCUT2D eigenvalue weighted by Crippen LogP contribution is 2.19. The van der Waals surface area contributed by atoms with Crippen LogP contribution in [0.1, 0.15) is 18.5 Å². The molecule has 2 saturated heterocycles. The van der Waals surface area contributed by atoms with Crippen LogP contribution in [0.2, 0.25) is 0 Å². The molecule has 1 aromatic heterocycles. The zero-order valence-corrected chi connectivity index (χ0v) is 12.7. The molecule has 0 aliphatic carbocycles. The molecule has 2 fully saturated rings. The van der Waals surface area contributed by atoms with E-state index < -0.39 is 6.10 Å². The van der Waals surface area contributed by atoms with Crippen molar-refractivity contribution >= 4 is 5.82 Å². The van der Waals surface area contributed by atoms with Crippen molar-refractivity contribution in [2.45, 2.75) is 25.0 Å². The lowest BCUT2D eigenvalue weighted by Crippen LogP contribution is -2.43. The van der Waals surface area contributed by atoms with Gasteiger partial charge in [0.2, 0.25) is 0 Å². The zero-order chi connectivity index (χ0) is 15.4. The number of nitriles is 1. The lowest BCUT2D eigenvalue weighted by molar-refractivity contribution is 0.0219. The lowest BCUT2D eigenvalue weighted by Gasteiger charge is -2.33. The second-order valence-corrected chi connectivity index (χ2v) is 5.93. The molecule has 3 rings (SSSR count). The number of aromatic nitrogens is 1. The predicted molar refractivity (Wildman–Crippen MR) is 82.6 cm³/mol. The largest absolute Gasteiger partial charge is 0.390 e. The molecular formula is C16H22N4O2. The maximum Gasteiger partial charge on any atom is 0.142 e. The van der Waals surface area contributed by atoms with E-state index in [0.717, 1.165) is 45.0 Å². The van der Waals surface area contributed by atoms with Crippen LogP contribution in [0.3, 0.4) is 0 Å². The summed E-state index contributed by atoms with van der Waals surface area (Å²) in [6, 6.07) is 8.01. The van der Waals surface area contributed by atoms with Gasteiger partial charge in [0.05, 0.1) is 6.10 Å². The van der Waals surface area contributed by atoms with Crippen LogP contribution in [0.4, 0.5) is 5.82 Å². The van der Waals surface area contributed by atoms with E-state index in [1.165, 1.54) is 0 Å². The standard InChI is InChI=1S/C16H22N4O2/c17-10-13-2-1-3-16(18-13)20-7-6-19(11-15(21)12-20)14-4-8-22-9-5-14/h1-3,14-15,21H,4-9,11-12H2/t15-/m1/s1. The van der Waals surface area contributed by atoms with Crippen molar-refractivity contribution in [3.8, 4) is 6.07 Å². The number of aliphatic hydroxyl groups is 1. The summed E-state index contributed by atoms with van der Waals surface area (Å²) in [6.45, 7) is 4.59. The maximum atomic E-state index is 10.3. The number of ether oxygens (including phenoxy) is 1. The Kier molecular flexibility index (Phi) is 4.88. The fourth-order valence-corrected chi connectivity index (χ4v) is 3.27. The van der Waals surface area contributed by atoms with E-state index in [1.54, 1.807) is 6.07 Å². The van der Waals surface area contributed by atoms with Gasteiger partial charge >= 0.3 is 0 Å². The van der Waals surface area contributed by atoms with Gasteiger partial charge in [-0.1, -0.05) is 6.07 Å². The minimum atomic E-state index is -0.405. The first-order valence-electron chi connectivity index (χ1n) is 7.88. The van der Waals surface area contributed by atoms with Crippen molar-refractivity contribution in [1.29, 1.82) is 5.26 Å². The first kappa shape index (κ1) is 15.2. The molecule has 0 aromatic carbocycles. The molecule has 1 N–H and O–H groups in total. The maximum absolute atomic E-state index is 10.3. The monoisotopic (exact) mass is 302 g/mol. The van der Waals surface area contributed by atoms with Gasteiger partial charge in [0.1, 0.15) is 17.6 Å². The first-order chi connectivity index (χ1) is 10.8. The summed E-state index contributed by atoms with van der Waals surface area (Å²) in [5.41, 5.74) is 0.414. The number of anilines is 1. The summed E-state index contributed by atoms with van der Waals surface area (Å²) >= 11 is 0. The SMILES string of the molecule is N#Cc1cccc(N2CCN(C3CCOCC3)C[C@@H](O)C2)n1. The Morgan fingerprint density at radius 2 is 2.05 bits per heavy atom. The fourth-order valence-electron chi connectivity index (χ4n) is 3.27. The van der Waals surface area contributed by atoms with Crippen LogP contribution in [0.5, 0.6) is 0 Å². The number of nitrogens with zero attached hydrogens (tertiary/aromatic N) is 4. The number of hydrogen-bond acceptors (Lipinski definition) is 6. The highest BCUT2D eigenvalue weighted by atomic mass is 16.5. The van der Waals surface area contributed by atoms with Crippen LogP contribution < -0.4 is 4.90 Å². The van der Waals surface area contributed by atoms with Crippen LogP contribution in [-0.2, 0) is 4.74 Å². The molecule has 6 nitrogen and oxygen atoms in total. The molecule has 0 bridgehead atoms. The number of pyridine rings is 1. The molecule has 3 heterocycles. The summed E-state index contributed by atoms with van der Waals surface area (Å²) in [6.07, 6.45) is 1.67. The fraction of sp³-hybridized carbons (Fsp3) is 0.625. The Morgan fingerprint density at radius 3 is 2.82 bits per heavy atom. The third-order valence-corrected chi connectivity index (χ3v) is 4.41. The number of aliphatic hydroxyl groups excluding tert-OH is 1. The van der Waals surface area contributed by atoms with Gasteiger partial charge in [-0.15, -0.1) is 0 Å². The Morgan fingerprint density at radius 1 is 1.23 bits per heavy atom. The summed E-state index contributed by atoms with van der Waals surface area (Å²) < 4.78 is 5.42. The minimum absolute atomic E-state index is 0.405. The Hall–Kier alpha value is -1.68. The van der Waals surface area contributed by atoms with Crippen molar-refractivity contribution in [1.82, 2.24) is 9.88 Å². The molecule has 6 heteroatoms. The third kappa shape index (κ3) is 3.55. The van der Waals surface area contributed by atoms with Crippen molar-refractivity contribution in [2.75, 3.05) is 44.3 Å². The van der Waals surface area contributed by atoms with Gasteiger partial charge < -0.3 is 14.7 Å². The van der Waals surface area contributed by atoms with Gasteiger partial charge in [-0.3, -0.25) is 4.90 Å². The molecule has 0 radical (unpaired) electrons. The average Bonchev–Trinajstić information content (AvgIpc) is 2.77. The molecule has 1 atom stereocenters. The van der Waals surface area contributed by atoms with E-state index in [2.05, 4.69) is 20.9 Å². The topological polar surface area (TPSA) is 72.6 Å². The summed E-state index contributed by atoms with van der Waals surface area (Å²) in [7, 11) is 0. The van der Waals surface area contributed by atoms with E-state index in [0.29, 0.717) is 24.8 Å². The minimum Gasteiger partial charge on any atom is -0.390 e. The Balaban J connectivity index is 1.69. The molecule has 0 amide bonds. The van der Waals surface area contributed by atoms with Crippen LogP contribution >= 0.6 is 0 Å². The van der Waals surface area contributed by atoms with Gasteiger partial charge in [0.25, 0.3) is 0 Å². The van der Waals surface area contributed by atoms with Gasteiger partial charge in [-0.05, 0) is 25.0 Å². The predicted octanol–water partition coefficient (Wildman–Crippen LogP) is 0.615. The normalized spacial score (nSPS) is 24.7. The first-order valence-corrected chi connectivity index (χ1v) is 7.88. The van der Waals surface area contributed by atoms with Crippen molar-refractivity contribution in [3.63, 3.8) is 0 Å². The molecule has 2 aliphatic heterocycles. The molecular weight excluding hydrogens is 280 g/mol. The second kappa shape index (κ2) is 7.05. The quantitative estimate of drug-likeness (QED) is 0.863. The average molecular weight is 302 g/mol. The van der Waals surface area contributed by atoms with Crippen molar-refractivity contribution in [3.05, 3.63) is 23.9 Å². The van der Waals surface area contributed by atoms with Crippen LogP contribution in [0, 0.1) is 11.3 Å². The molecule has 1 aromatic rings. The summed E-state index contributed by atoms with van der Waals surface area (Å²) in [4.78, 5) is 8.79. The molecule has 0 saturated carbocycles. The smallest absolute Gasteiger partial charge is 0.142 e. The van der Waals surface area contributed by atoms with E-state index >= 15 is 0 Å². The van der Waals surface area contributed by atoms with Gasteiger partial charge in [0.15, 0.2) is 0 Å². The van der Waals surface area contributed by atoms with E-state index in [1.807, 2.05) is 12.1 Å². The second-order valence-electron chi connectivity index (χ2n) is 5.93. The zero-order valence-electron chi connectivity index (χ0n) is 12.7. The van der Waals surface area contributed by atoms with Crippen molar-refractivity contribution < 1.29 is 9.84 Å². The highest BCUT2D eigenvalue weighted by Gasteiger charge is 2.28. The van der Waals surface area contributed by atoms with Crippen LogP contribution in [0.25, 0.3) is 0 Å². The molecule has 0 unspecified atom stereocenters. The van der Waals surface area contributed by atoms with Gasteiger partial charge in [-0.25, -0.2) is 4.98 Å². The van der Waals surface area contributed by atoms with Crippen molar-refractivity contribution in [2.24, 2.45) is 0 Å². The Bertz CT molecular complexity index is 539. The van der Waals surface area contributed by atoms with Crippen LogP contribution in [0.15, 0.2) is 18.2 Å². The summed E-state index contributed by atoms with van der Waals surface area (Å²) in [5, 5.41) is 19.3.